The van der Waals surface area contributed by atoms with Crippen molar-refractivity contribution < 1.29 is 9.53 Å². The highest BCUT2D eigenvalue weighted by Crippen LogP contribution is 2.21. The molecule has 0 radical (unpaired) electrons. The molecule has 0 saturated carbocycles. The molecule has 0 aliphatic carbocycles. The summed E-state index contributed by atoms with van der Waals surface area (Å²) < 4.78 is 7.57. The first-order chi connectivity index (χ1) is 12.0. The summed E-state index contributed by atoms with van der Waals surface area (Å²) >= 11 is 5.92. The van der Waals surface area contributed by atoms with Gasteiger partial charge in [0.1, 0.15) is 0 Å². The van der Waals surface area contributed by atoms with E-state index in [0.717, 1.165) is 29.1 Å². The van der Waals surface area contributed by atoms with Gasteiger partial charge in [-0.25, -0.2) is 0 Å². The number of carbonyl (C=O) groups excluding carboxylic acids is 1. The van der Waals surface area contributed by atoms with Crippen LogP contribution >= 0.6 is 11.6 Å². The van der Waals surface area contributed by atoms with Crippen LogP contribution < -0.4 is 0 Å². The van der Waals surface area contributed by atoms with Gasteiger partial charge < -0.3 is 9.64 Å². The van der Waals surface area contributed by atoms with Crippen LogP contribution in [0.25, 0.3) is 11.1 Å². The predicted molar refractivity (Wildman–Crippen MR) is 98.5 cm³/mol. The number of morpholine rings is 1. The van der Waals surface area contributed by atoms with Gasteiger partial charge in [0.25, 0.3) is 0 Å². The van der Waals surface area contributed by atoms with Gasteiger partial charge in [-0.05, 0) is 38.0 Å². The average molecular weight is 362 g/mol. The molecule has 1 amide bonds. The van der Waals surface area contributed by atoms with Gasteiger partial charge in [0.2, 0.25) is 5.91 Å². The first-order valence-electron chi connectivity index (χ1n) is 8.73. The van der Waals surface area contributed by atoms with E-state index in [-0.39, 0.29) is 18.1 Å². The molecule has 134 valence electrons. The number of rotatable bonds is 5. The van der Waals surface area contributed by atoms with Gasteiger partial charge in [-0.15, -0.1) is 0 Å². The normalized spacial score (nSPS) is 20.7. The number of aryl methyl sites for hydroxylation is 1. The van der Waals surface area contributed by atoms with Crippen LogP contribution in [0.2, 0.25) is 5.02 Å². The maximum absolute atomic E-state index is 12.4. The van der Waals surface area contributed by atoms with Crippen LogP contribution in [0.3, 0.4) is 0 Å². The summed E-state index contributed by atoms with van der Waals surface area (Å²) in [6, 6.07) is 7.70. The third-order valence-electron chi connectivity index (χ3n) is 4.36. The minimum atomic E-state index is 0.112. The number of hydrogen-bond acceptors (Lipinski definition) is 3. The van der Waals surface area contributed by atoms with E-state index in [0.29, 0.717) is 19.5 Å². The first kappa shape index (κ1) is 18.0. The van der Waals surface area contributed by atoms with Crippen molar-refractivity contribution in [2.45, 2.75) is 45.4 Å². The molecule has 1 aliphatic heterocycles. The van der Waals surface area contributed by atoms with Crippen molar-refractivity contribution in [3.05, 3.63) is 41.7 Å². The Morgan fingerprint density at radius 1 is 1.20 bits per heavy atom. The minimum absolute atomic E-state index is 0.112. The molecule has 2 atom stereocenters. The largest absolute Gasteiger partial charge is 0.372 e. The second kappa shape index (κ2) is 8.02. The highest BCUT2D eigenvalue weighted by atomic mass is 35.5. The quantitative estimate of drug-likeness (QED) is 0.817. The molecule has 25 heavy (non-hydrogen) atoms. The van der Waals surface area contributed by atoms with Crippen molar-refractivity contribution in [2.24, 2.45) is 0 Å². The van der Waals surface area contributed by atoms with Crippen LogP contribution in [0.4, 0.5) is 0 Å². The topological polar surface area (TPSA) is 47.4 Å². The Hall–Kier alpha value is -1.85. The molecule has 1 saturated heterocycles. The van der Waals surface area contributed by atoms with Gasteiger partial charge in [0, 0.05) is 42.8 Å². The number of nitrogens with zero attached hydrogens (tertiary/aromatic N) is 3. The van der Waals surface area contributed by atoms with E-state index in [1.165, 1.54) is 0 Å². The maximum atomic E-state index is 12.4. The molecular weight excluding hydrogens is 338 g/mol. The van der Waals surface area contributed by atoms with Crippen LogP contribution in [0.1, 0.15) is 26.7 Å². The number of amides is 1. The van der Waals surface area contributed by atoms with E-state index < -0.39 is 0 Å². The number of aromatic nitrogens is 2. The van der Waals surface area contributed by atoms with Crippen molar-refractivity contribution in [3.63, 3.8) is 0 Å². The molecule has 1 aromatic carbocycles. The predicted octanol–water partition coefficient (Wildman–Crippen LogP) is 3.62. The van der Waals surface area contributed by atoms with Gasteiger partial charge in [-0.3, -0.25) is 9.48 Å². The van der Waals surface area contributed by atoms with Crippen LogP contribution in [0.5, 0.6) is 0 Å². The first-order valence-corrected chi connectivity index (χ1v) is 9.10. The molecule has 2 aromatic rings. The summed E-state index contributed by atoms with van der Waals surface area (Å²) in [5.74, 6) is 0.201. The van der Waals surface area contributed by atoms with Crippen molar-refractivity contribution >= 4 is 17.5 Å². The van der Waals surface area contributed by atoms with Gasteiger partial charge in [-0.1, -0.05) is 23.7 Å². The summed E-state index contributed by atoms with van der Waals surface area (Å²) in [6.07, 6.45) is 5.39. The minimum Gasteiger partial charge on any atom is -0.372 e. The van der Waals surface area contributed by atoms with E-state index in [1.54, 1.807) is 0 Å². The number of benzene rings is 1. The fourth-order valence-electron chi connectivity index (χ4n) is 3.21. The molecule has 6 heteroatoms. The zero-order chi connectivity index (χ0) is 17.8. The Labute approximate surface area is 153 Å². The van der Waals surface area contributed by atoms with Crippen molar-refractivity contribution in [1.29, 1.82) is 0 Å². The summed E-state index contributed by atoms with van der Waals surface area (Å²) in [4.78, 5) is 14.3. The monoisotopic (exact) mass is 361 g/mol. The lowest BCUT2D eigenvalue weighted by molar-refractivity contribution is -0.143. The lowest BCUT2D eigenvalue weighted by Crippen LogP contribution is -2.48. The third kappa shape index (κ3) is 4.83. The van der Waals surface area contributed by atoms with Gasteiger partial charge in [0.05, 0.1) is 18.4 Å². The number of ether oxygens (including phenoxy) is 1. The maximum Gasteiger partial charge on any atom is 0.222 e. The van der Waals surface area contributed by atoms with E-state index in [9.17, 15) is 4.79 Å². The molecule has 2 heterocycles. The fraction of sp³-hybridized carbons (Fsp3) is 0.474. The van der Waals surface area contributed by atoms with Gasteiger partial charge in [-0.2, -0.15) is 5.10 Å². The van der Waals surface area contributed by atoms with E-state index >= 15 is 0 Å². The zero-order valence-corrected chi connectivity index (χ0v) is 15.4. The Morgan fingerprint density at radius 2 is 1.88 bits per heavy atom. The highest BCUT2D eigenvalue weighted by molar-refractivity contribution is 6.30. The lowest BCUT2D eigenvalue weighted by atomic mass is 10.1. The summed E-state index contributed by atoms with van der Waals surface area (Å²) in [6.45, 7) is 6.13. The SMILES string of the molecule is C[C@H]1CN(C(=O)CCCn2cc(-c3ccc(Cl)cc3)cn2)C[C@H](C)O1. The summed E-state index contributed by atoms with van der Waals surface area (Å²) in [7, 11) is 0. The lowest BCUT2D eigenvalue weighted by Gasteiger charge is -2.35. The molecule has 1 fully saturated rings. The molecule has 0 bridgehead atoms. The summed E-state index contributed by atoms with van der Waals surface area (Å²) in [5, 5.41) is 5.11. The van der Waals surface area contributed by atoms with E-state index in [1.807, 2.05) is 60.1 Å². The number of halogens is 1. The average Bonchev–Trinajstić information content (AvgIpc) is 3.03. The molecule has 1 aromatic heterocycles. The molecule has 0 unspecified atom stereocenters. The summed E-state index contributed by atoms with van der Waals surface area (Å²) in [5.41, 5.74) is 2.14. The van der Waals surface area contributed by atoms with Gasteiger partial charge in [0.15, 0.2) is 0 Å². The molecule has 0 N–H and O–H groups in total. The van der Waals surface area contributed by atoms with E-state index in [4.69, 9.17) is 16.3 Å². The highest BCUT2D eigenvalue weighted by Gasteiger charge is 2.25. The fourth-order valence-corrected chi connectivity index (χ4v) is 3.34. The Morgan fingerprint density at radius 3 is 2.56 bits per heavy atom. The Balaban J connectivity index is 1.49. The smallest absolute Gasteiger partial charge is 0.222 e. The molecule has 1 aliphatic rings. The van der Waals surface area contributed by atoms with Crippen molar-refractivity contribution in [1.82, 2.24) is 14.7 Å². The van der Waals surface area contributed by atoms with Crippen LogP contribution in [-0.2, 0) is 16.1 Å². The molecular formula is C19H24ClN3O2. The number of carbonyl (C=O) groups is 1. The Bertz CT molecular complexity index is 704. The third-order valence-corrected chi connectivity index (χ3v) is 4.61. The molecule has 0 spiro atoms. The Kier molecular flexibility index (Phi) is 5.76. The molecule has 3 rings (SSSR count). The van der Waals surface area contributed by atoms with Gasteiger partial charge >= 0.3 is 0 Å². The van der Waals surface area contributed by atoms with Crippen LogP contribution in [-0.4, -0.2) is 45.9 Å². The molecule has 5 nitrogen and oxygen atoms in total. The van der Waals surface area contributed by atoms with Crippen molar-refractivity contribution in [2.75, 3.05) is 13.1 Å². The second-order valence-corrected chi connectivity index (χ2v) is 7.10. The standard InChI is InChI=1S/C19H24ClN3O2/c1-14-11-22(12-15(2)25-14)19(24)4-3-9-23-13-17(10-21-23)16-5-7-18(20)8-6-16/h5-8,10,13-15H,3-4,9,11-12H2,1-2H3/t14-,15-/m0/s1. The number of hydrogen-bond donors (Lipinski definition) is 0. The van der Waals surface area contributed by atoms with Crippen molar-refractivity contribution in [3.8, 4) is 11.1 Å². The zero-order valence-electron chi connectivity index (χ0n) is 14.7. The van der Waals surface area contributed by atoms with Crippen LogP contribution in [0, 0.1) is 0 Å². The second-order valence-electron chi connectivity index (χ2n) is 6.66. The van der Waals surface area contributed by atoms with Crippen LogP contribution in [0.15, 0.2) is 36.7 Å². The van der Waals surface area contributed by atoms with E-state index in [2.05, 4.69) is 5.10 Å².